The van der Waals surface area contributed by atoms with Crippen LogP contribution in [0.4, 0.5) is 8.63 Å². The Morgan fingerprint density at radius 3 is 2.41 bits per heavy atom. The van der Waals surface area contributed by atoms with Gasteiger partial charge in [-0.1, -0.05) is 0 Å². The summed E-state index contributed by atoms with van der Waals surface area (Å²) in [4.78, 5) is 0. The number of aromatic nitrogens is 2. The number of nitrogens with zero attached hydrogens (tertiary/aromatic N) is 3. The Bertz CT molecular complexity index is 1130. The lowest BCUT2D eigenvalue weighted by Gasteiger charge is -2.33. The van der Waals surface area contributed by atoms with Gasteiger partial charge in [0.2, 0.25) is 0 Å². The quantitative estimate of drug-likeness (QED) is 0.258. The van der Waals surface area contributed by atoms with Gasteiger partial charge in [0.25, 0.3) is 0 Å². The van der Waals surface area contributed by atoms with Crippen molar-refractivity contribution in [3.63, 3.8) is 0 Å². The van der Waals surface area contributed by atoms with Crippen molar-refractivity contribution in [3.05, 3.63) is 65.5 Å². The summed E-state index contributed by atoms with van der Waals surface area (Å²) in [5.74, 6) is 0. The van der Waals surface area contributed by atoms with Crippen molar-refractivity contribution < 1.29 is 17.7 Å². The van der Waals surface area contributed by atoms with E-state index in [4.69, 9.17) is 0 Å². The number of pyridine rings is 1. The molecule has 27 heavy (non-hydrogen) atoms. The van der Waals surface area contributed by atoms with E-state index in [0.29, 0.717) is 22.8 Å². The normalized spacial score (nSPS) is 18.4. The van der Waals surface area contributed by atoms with Crippen molar-refractivity contribution in [1.29, 1.82) is 0 Å². The van der Waals surface area contributed by atoms with Gasteiger partial charge in [0, 0.05) is 27.8 Å². The summed E-state index contributed by atoms with van der Waals surface area (Å²) >= 11 is 4.38. The van der Waals surface area contributed by atoms with Gasteiger partial charge in [-0.25, -0.2) is 4.57 Å². The Kier molecular flexibility index (Phi) is 4.45. The molecule has 0 aliphatic carbocycles. The Morgan fingerprint density at radius 1 is 1.11 bits per heavy atom. The van der Waals surface area contributed by atoms with E-state index in [0.717, 1.165) is 29.4 Å². The van der Waals surface area contributed by atoms with Crippen molar-refractivity contribution in [2.24, 2.45) is 7.05 Å². The summed E-state index contributed by atoms with van der Waals surface area (Å²) in [6, 6.07) is 3.96. The lowest BCUT2D eigenvalue weighted by Crippen LogP contribution is -2.51. The predicted molar refractivity (Wildman–Crippen MR) is 121 cm³/mol. The molecule has 3 nitrogen and oxygen atoms in total. The number of rotatable bonds is 1. The van der Waals surface area contributed by atoms with Crippen LogP contribution in [0, 0.1) is 17.4 Å². The molecule has 2 aromatic rings. The van der Waals surface area contributed by atoms with Crippen LogP contribution in [0.3, 0.4) is 0 Å². The van der Waals surface area contributed by atoms with Gasteiger partial charge < -0.3 is 17.6 Å². The molecule has 2 aromatic heterocycles. The maximum atomic E-state index is 15.8. The summed E-state index contributed by atoms with van der Waals surface area (Å²) in [5.41, 5.74) is 6.17. The molecule has 0 spiro atoms. The van der Waals surface area contributed by atoms with E-state index in [1.165, 1.54) is 8.96 Å². The Hall–Kier alpha value is -1.04. The van der Waals surface area contributed by atoms with Gasteiger partial charge in [-0.2, -0.15) is 0 Å². The minimum Gasteiger partial charge on any atom is -0.392 e. The lowest BCUT2D eigenvalue weighted by molar-refractivity contribution is -0.671. The van der Waals surface area contributed by atoms with Crippen molar-refractivity contribution in [2.45, 2.75) is 27.7 Å². The summed E-state index contributed by atoms with van der Waals surface area (Å²) in [7, 11) is 1.95. The molecule has 0 aromatic carbocycles. The van der Waals surface area contributed by atoms with E-state index < -0.39 is 6.97 Å². The minimum absolute atomic E-state index is 0.623. The molecule has 0 N–H and O–H groups in total. The number of halogens is 4. The zero-order valence-corrected chi connectivity index (χ0v) is 20.1. The molecule has 2 aliphatic heterocycles. The van der Waals surface area contributed by atoms with Gasteiger partial charge >= 0.3 is 6.97 Å². The number of allylic oxidation sites excluding steroid dienone is 2. The summed E-state index contributed by atoms with van der Waals surface area (Å²) in [5, 5.41) is 0. The summed E-state index contributed by atoms with van der Waals surface area (Å²) in [6.07, 6.45) is 3.96. The van der Waals surface area contributed by atoms with Gasteiger partial charge in [-0.05, 0) is 83.3 Å². The first-order valence-corrected chi connectivity index (χ1v) is 10.8. The third kappa shape index (κ3) is 2.47. The molecule has 4 heterocycles. The van der Waals surface area contributed by atoms with E-state index >= 15 is 8.63 Å². The topological polar surface area (TPSA) is 11.8 Å². The summed E-state index contributed by atoms with van der Waals surface area (Å²) < 4.78 is 38.0. The Balaban J connectivity index is 2.25. The van der Waals surface area contributed by atoms with Crippen LogP contribution in [0.2, 0.25) is 0 Å². The third-order valence-corrected chi connectivity index (χ3v) is 8.71. The van der Waals surface area contributed by atoms with E-state index in [9.17, 15) is 0 Å². The average Bonchev–Trinajstić information content (AvgIpc) is 2.97. The number of hydrogen-bond acceptors (Lipinski definition) is 0. The van der Waals surface area contributed by atoms with Crippen LogP contribution in [0.1, 0.15) is 36.4 Å². The molecular weight excluding hydrogens is 573 g/mol. The molecule has 0 saturated carbocycles. The highest BCUT2D eigenvalue weighted by Crippen LogP contribution is 2.47. The van der Waals surface area contributed by atoms with E-state index in [1.807, 2.05) is 50.0 Å². The second-order valence-electron chi connectivity index (χ2n) is 7.21. The van der Waals surface area contributed by atoms with Crippen LogP contribution >= 0.6 is 45.2 Å². The molecular formula is C19H19BF2I2N3+. The second-order valence-corrected chi connectivity index (χ2v) is 9.36. The van der Waals surface area contributed by atoms with E-state index in [1.54, 1.807) is 13.8 Å². The van der Waals surface area contributed by atoms with Crippen LogP contribution in [0.15, 0.2) is 39.4 Å². The Labute approximate surface area is 184 Å². The fourth-order valence-electron chi connectivity index (χ4n) is 4.29. The predicted octanol–water partition coefficient (Wildman–Crippen LogP) is 4.73. The summed E-state index contributed by atoms with van der Waals surface area (Å²) in [6.45, 7) is 3.52. The zero-order chi connectivity index (χ0) is 19.8. The maximum Gasteiger partial charge on any atom is 0.737 e. The third-order valence-electron chi connectivity index (χ3n) is 5.53. The first kappa shape index (κ1) is 19.3. The fraction of sp³-hybridized carbons (Fsp3) is 0.263. The molecule has 2 aliphatic rings. The molecule has 8 heteroatoms. The van der Waals surface area contributed by atoms with E-state index in [2.05, 4.69) is 45.2 Å². The molecule has 0 amide bonds. The van der Waals surface area contributed by atoms with Crippen LogP contribution in [-0.2, 0) is 7.05 Å². The maximum absolute atomic E-state index is 15.8. The van der Waals surface area contributed by atoms with Crippen molar-refractivity contribution in [1.82, 2.24) is 4.48 Å². The van der Waals surface area contributed by atoms with Crippen molar-refractivity contribution in [2.75, 3.05) is 0 Å². The minimum atomic E-state index is -3.95. The average molecular weight is 592 g/mol. The molecule has 0 fully saturated rings. The molecule has 140 valence electrons. The highest BCUT2D eigenvalue weighted by Gasteiger charge is 2.56. The molecule has 4 rings (SSSR count). The number of hydrogen-bond donors (Lipinski definition) is 0. The van der Waals surface area contributed by atoms with Gasteiger partial charge in [0.1, 0.15) is 12.8 Å². The van der Waals surface area contributed by atoms with Crippen molar-refractivity contribution >= 4 is 63.4 Å². The standard InChI is InChI=1S/C19H19BF2I2N3/c1-10-16(23)12(3)26-18(10)15(14-7-6-8-25(5)9-14)19-11(2)17(24)13(4)27(19)20(26,21)22/h6-9H,1-5H3/q+1. The highest BCUT2D eigenvalue weighted by molar-refractivity contribution is 14.1. The first-order chi connectivity index (χ1) is 12.6. The molecule has 0 saturated heterocycles. The zero-order valence-electron chi connectivity index (χ0n) is 15.7. The molecule has 0 radical (unpaired) electrons. The monoisotopic (exact) mass is 592 g/mol. The molecule has 0 atom stereocenters. The van der Waals surface area contributed by atoms with Crippen LogP contribution in [-0.4, -0.2) is 21.6 Å². The van der Waals surface area contributed by atoms with Gasteiger partial charge in [-0.15, -0.1) is 0 Å². The SMILES string of the molecule is CC1=C(I)C(C)=[N+]2C1=C(c1ccc[n+](C)c1)c1c(C)c(I)c(C)n1[B-]2(F)F. The number of fused-ring (bicyclic) bond motifs is 2. The van der Waals surface area contributed by atoms with E-state index in [-0.39, 0.29) is 0 Å². The smallest absolute Gasteiger partial charge is 0.392 e. The van der Waals surface area contributed by atoms with Crippen LogP contribution < -0.4 is 4.57 Å². The molecule has 0 bridgehead atoms. The first-order valence-electron chi connectivity index (χ1n) is 8.68. The highest BCUT2D eigenvalue weighted by atomic mass is 127. The largest absolute Gasteiger partial charge is 0.737 e. The molecule has 0 unspecified atom stereocenters. The van der Waals surface area contributed by atoms with Gasteiger partial charge in [0.15, 0.2) is 18.1 Å². The lowest BCUT2D eigenvalue weighted by atomic mass is 9.84. The van der Waals surface area contributed by atoms with Crippen LogP contribution in [0.25, 0.3) is 5.57 Å². The number of aryl methyl sites for hydroxylation is 1. The van der Waals surface area contributed by atoms with Crippen molar-refractivity contribution in [3.8, 4) is 0 Å². The van der Waals surface area contributed by atoms with Gasteiger partial charge in [0.05, 0.1) is 14.7 Å². The Morgan fingerprint density at radius 2 is 1.78 bits per heavy atom. The van der Waals surface area contributed by atoms with Crippen LogP contribution in [0.5, 0.6) is 0 Å². The fourth-order valence-corrected chi connectivity index (χ4v) is 5.32. The second kappa shape index (κ2) is 6.23. The van der Waals surface area contributed by atoms with Gasteiger partial charge in [-0.3, -0.25) is 0 Å².